The molecule has 1 heterocycles. The van der Waals surface area contributed by atoms with Gasteiger partial charge in [0.25, 0.3) is 5.91 Å². The van der Waals surface area contributed by atoms with E-state index in [4.69, 9.17) is 0 Å². The molecule has 1 aromatic rings. The van der Waals surface area contributed by atoms with E-state index in [0.29, 0.717) is 37.2 Å². The van der Waals surface area contributed by atoms with Crippen molar-refractivity contribution in [2.75, 3.05) is 13.1 Å². The van der Waals surface area contributed by atoms with E-state index in [1.54, 1.807) is 0 Å². The fourth-order valence-electron chi connectivity index (χ4n) is 2.70. The molecule has 0 radical (unpaired) electrons. The third-order valence-corrected chi connectivity index (χ3v) is 3.79. The average molecular weight is 303 g/mol. The molecule has 1 aliphatic rings. The summed E-state index contributed by atoms with van der Waals surface area (Å²) in [5.41, 5.74) is -1.50. The molecule has 0 bridgehead atoms. The number of hydrogen-bond acceptors (Lipinski definition) is 1. The molecule has 2 nitrogen and oxygen atoms in total. The molecule has 1 fully saturated rings. The topological polar surface area (TPSA) is 20.3 Å². The maximum atomic E-state index is 13.7. The number of likely N-dealkylation sites (tertiary alicyclic amines) is 1. The van der Waals surface area contributed by atoms with Crippen molar-refractivity contribution in [2.24, 2.45) is 5.92 Å². The summed E-state index contributed by atoms with van der Waals surface area (Å²) in [5.74, 6) is -1.21. The molecular formula is C15H17F4NO. The Morgan fingerprint density at radius 1 is 1.38 bits per heavy atom. The van der Waals surface area contributed by atoms with Gasteiger partial charge in [-0.15, -0.1) is 0 Å². The van der Waals surface area contributed by atoms with Gasteiger partial charge in [0.2, 0.25) is 0 Å². The number of carbonyl (C=O) groups is 1. The average Bonchev–Trinajstić information content (AvgIpc) is 2.86. The summed E-state index contributed by atoms with van der Waals surface area (Å²) in [7, 11) is 0. The van der Waals surface area contributed by atoms with Crippen LogP contribution in [0.1, 0.15) is 42.1 Å². The number of alkyl halides is 3. The van der Waals surface area contributed by atoms with E-state index in [1.807, 2.05) is 6.92 Å². The van der Waals surface area contributed by atoms with Crippen LogP contribution in [0.15, 0.2) is 18.2 Å². The van der Waals surface area contributed by atoms with E-state index in [2.05, 4.69) is 0 Å². The molecule has 6 heteroatoms. The number of benzene rings is 1. The second-order valence-corrected chi connectivity index (χ2v) is 5.39. The van der Waals surface area contributed by atoms with E-state index >= 15 is 0 Å². The van der Waals surface area contributed by atoms with Crippen LogP contribution in [0, 0.1) is 11.7 Å². The van der Waals surface area contributed by atoms with Crippen molar-refractivity contribution in [3.63, 3.8) is 0 Å². The lowest BCUT2D eigenvalue weighted by Crippen LogP contribution is -2.29. The molecule has 2 rings (SSSR count). The van der Waals surface area contributed by atoms with Crippen LogP contribution in [-0.4, -0.2) is 23.9 Å². The Morgan fingerprint density at radius 3 is 2.71 bits per heavy atom. The Kier molecular flexibility index (Phi) is 4.54. The normalized spacial score (nSPS) is 19.1. The SMILES string of the molecule is CCCC1CCN(C(=O)c2cc(C(F)(F)F)ccc2F)C1. The summed E-state index contributed by atoms with van der Waals surface area (Å²) in [6.07, 6.45) is -1.81. The molecule has 0 aliphatic carbocycles. The Bertz CT molecular complexity index is 527. The zero-order valence-electron chi connectivity index (χ0n) is 11.7. The third kappa shape index (κ3) is 3.54. The lowest BCUT2D eigenvalue weighted by molar-refractivity contribution is -0.137. The van der Waals surface area contributed by atoms with Gasteiger partial charge in [0.1, 0.15) is 5.82 Å². The third-order valence-electron chi connectivity index (χ3n) is 3.79. The largest absolute Gasteiger partial charge is 0.416 e. The van der Waals surface area contributed by atoms with E-state index in [1.165, 1.54) is 4.90 Å². The molecule has 1 amide bonds. The molecule has 116 valence electrons. The molecule has 0 aromatic heterocycles. The van der Waals surface area contributed by atoms with Gasteiger partial charge in [-0.1, -0.05) is 13.3 Å². The zero-order chi connectivity index (χ0) is 15.6. The molecule has 1 saturated heterocycles. The minimum absolute atomic E-state index is 0.354. The van der Waals surface area contributed by atoms with Crippen LogP contribution in [0.3, 0.4) is 0 Å². The first-order chi connectivity index (χ1) is 9.82. The monoisotopic (exact) mass is 303 g/mol. The smallest absolute Gasteiger partial charge is 0.338 e. The van der Waals surface area contributed by atoms with Crippen LogP contribution in [-0.2, 0) is 6.18 Å². The highest BCUT2D eigenvalue weighted by molar-refractivity contribution is 5.94. The van der Waals surface area contributed by atoms with Gasteiger partial charge >= 0.3 is 6.18 Å². The van der Waals surface area contributed by atoms with Crippen molar-refractivity contribution < 1.29 is 22.4 Å². The van der Waals surface area contributed by atoms with Gasteiger partial charge in [-0.05, 0) is 37.0 Å². The first-order valence-electron chi connectivity index (χ1n) is 6.99. The summed E-state index contributed by atoms with van der Waals surface area (Å²) in [4.78, 5) is 13.7. The minimum atomic E-state index is -4.58. The summed E-state index contributed by atoms with van der Waals surface area (Å²) in [6.45, 7) is 3.00. The molecule has 0 saturated carbocycles. The number of halogens is 4. The van der Waals surface area contributed by atoms with Crippen molar-refractivity contribution in [1.82, 2.24) is 4.90 Å². The van der Waals surface area contributed by atoms with Crippen molar-refractivity contribution in [3.05, 3.63) is 35.1 Å². The highest BCUT2D eigenvalue weighted by Crippen LogP contribution is 2.31. The van der Waals surface area contributed by atoms with Crippen LogP contribution >= 0.6 is 0 Å². The number of rotatable bonds is 3. The summed E-state index contributed by atoms with van der Waals surface area (Å²) < 4.78 is 51.7. The zero-order valence-corrected chi connectivity index (χ0v) is 11.7. The van der Waals surface area contributed by atoms with Crippen molar-refractivity contribution in [1.29, 1.82) is 0 Å². The van der Waals surface area contributed by atoms with Crippen molar-refractivity contribution in [2.45, 2.75) is 32.4 Å². The van der Waals surface area contributed by atoms with E-state index < -0.39 is 29.0 Å². The highest BCUT2D eigenvalue weighted by atomic mass is 19.4. The van der Waals surface area contributed by atoms with E-state index in [9.17, 15) is 22.4 Å². The molecule has 1 aliphatic heterocycles. The lowest BCUT2D eigenvalue weighted by Gasteiger charge is -2.18. The quantitative estimate of drug-likeness (QED) is 0.770. The van der Waals surface area contributed by atoms with Gasteiger partial charge in [-0.2, -0.15) is 13.2 Å². The van der Waals surface area contributed by atoms with Gasteiger partial charge in [0.05, 0.1) is 11.1 Å². The number of nitrogens with zero attached hydrogens (tertiary/aromatic N) is 1. The van der Waals surface area contributed by atoms with Crippen LogP contribution in [0.5, 0.6) is 0 Å². The van der Waals surface area contributed by atoms with Crippen LogP contribution in [0.25, 0.3) is 0 Å². The van der Waals surface area contributed by atoms with Gasteiger partial charge < -0.3 is 4.90 Å². The van der Waals surface area contributed by atoms with E-state index in [-0.39, 0.29) is 0 Å². The Balaban J connectivity index is 2.20. The maximum absolute atomic E-state index is 13.7. The molecule has 1 aromatic carbocycles. The second-order valence-electron chi connectivity index (χ2n) is 5.39. The fraction of sp³-hybridized carbons (Fsp3) is 0.533. The van der Waals surface area contributed by atoms with Crippen LogP contribution < -0.4 is 0 Å². The Morgan fingerprint density at radius 2 is 2.10 bits per heavy atom. The van der Waals surface area contributed by atoms with Crippen LogP contribution in [0.2, 0.25) is 0 Å². The van der Waals surface area contributed by atoms with E-state index in [0.717, 1.165) is 19.3 Å². The summed E-state index contributed by atoms with van der Waals surface area (Å²) in [5, 5.41) is 0. The van der Waals surface area contributed by atoms with Gasteiger partial charge in [-0.3, -0.25) is 4.79 Å². The number of amides is 1. The van der Waals surface area contributed by atoms with Gasteiger partial charge in [-0.25, -0.2) is 4.39 Å². The van der Waals surface area contributed by atoms with Gasteiger partial charge in [0.15, 0.2) is 0 Å². The van der Waals surface area contributed by atoms with Crippen molar-refractivity contribution in [3.8, 4) is 0 Å². The highest BCUT2D eigenvalue weighted by Gasteiger charge is 2.33. The standard InChI is InChI=1S/C15H17F4NO/c1-2-3-10-6-7-20(9-10)14(21)12-8-11(15(17,18)19)4-5-13(12)16/h4-5,8,10H,2-3,6-7,9H2,1H3. The van der Waals surface area contributed by atoms with Crippen molar-refractivity contribution >= 4 is 5.91 Å². The van der Waals surface area contributed by atoms with Gasteiger partial charge in [0, 0.05) is 13.1 Å². The molecule has 1 atom stereocenters. The fourth-order valence-corrected chi connectivity index (χ4v) is 2.70. The summed E-state index contributed by atoms with van der Waals surface area (Å²) >= 11 is 0. The predicted octanol–water partition coefficient (Wildman–Crippen LogP) is 4.11. The number of hydrogen-bond donors (Lipinski definition) is 0. The predicted molar refractivity (Wildman–Crippen MR) is 70.3 cm³/mol. The molecule has 0 spiro atoms. The Labute approximate surface area is 120 Å². The Hall–Kier alpha value is -1.59. The lowest BCUT2D eigenvalue weighted by atomic mass is 10.0. The van der Waals surface area contributed by atoms with Crippen LogP contribution in [0.4, 0.5) is 17.6 Å². The maximum Gasteiger partial charge on any atom is 0.416 e. The minimum Gasteiger partial charge on any atom is -0.338 e. The first kappa shape index (κ1) is 15.8. The molecule has 0 N–H and O–H groups in total. The second kappa shape index (κ2) is 6.03. The first-order valence-corrected chi connectivity index (χ1v) is 6.99. The molecular weight excluding hydrogens is 286 g/mol. The molecule has 21 heavy (non-hydrogen) atoms. The summed E-state index contributed by atoms with van der Waals surface area (Å²) in [6, 6.07) is 1.95. The number of carbonyl (C=O) groups excluding carboxylic acids is 1. The molecule has 1 unspecified atom stereocenters.